The molecule has 2 rings (SSSR count). The minimum Gasteiger partial charge on any atom is -0.350 e. The van der Waals surface area contributed by atoms with Crippen LogP contribution in [0.4, 0.5) is 0 Å². The zero-order chi connectivity index (χ0) is 14.0. The van der Waals surface area contributed by atoms with Crippen LogP contribution in [-0.4, -0.2) is 37.4 Å². The van der Waals surface area contributed by atoms with Crippen molar-refractivity contribution in [3.63, 3.8) is 0 Å². The number of aromatic nitrogens is 1. The van der Waals surface area contributed by atoms with Crippen LogP contribution in [-0.2, 0) is 9.84 Å². The SMILES string of the molecule is O=C(NCC1CCS(=O)(=O)C1)c1nc(Cl)ccc1Cl. The number of nitrogens with zero attached hydrogens (tertiary/aromatic N) is 1. The van der Waals surface area contributed by atoms with Crippen molar-refractivity contribution in [3.05, 3.63) is 28.0 Å². The quantitative estimate of drug-likeness (QED) is 0.857. The van der Waals surface area contributed by atoms with Crippen molar-refractivity contribution in [2.75, 3.05) is 18.1 Å². The van der Waals surface area contributed by atoms with Gasteiger partial charge in [-0.05, 0) is 24.5 Å². The molecule has 1 unspecified atom stereocenters. The van der Waals surface area contributed by atoms with Crippen molar-refractivity contribution in [2.45, 2.75) is 6.42 Å². The summed E-state index contributed by atoms with van der Waals surface area (Å²) in [5.74, 6) is -0.197. The molecule has 0 aliphatic carbocycles. The van der Waals surface area contributed by atoms with E-state index in [0.717, 1.165) is 0 Å². The number of carbonyl (C=O) groups excluding carboxylic acids is 1. The Bertz CT molecular complexity index is 604. The van der Waals surface area contributed by atoms with E-state index in [-0.39, 0.29) is 33.3 Å². The lowest BCUT2D eigenvalue weighted by Gasteiger charge is -2.10. The van der Waals surface area contributed by atoms with Gasteiger partial charge in [0, 0.05) is 6.54 Å². The first-order chi connectivity index (χ1) is 8.87. The lowest BCUT2D eigenvalue weighted by Crippen LogP contribution is -2.30. The third-order valence-electron chi connectivity index (χ3n) is 2.91. The van der Waals surface area contributed by atoms with Crippen LogP contribution in [0, 0.1) is 5.92 Å². The average Bonchev–Trinajstić information content (AvgIpc) is 2.69. The Morgan fingerprint density at radius 2 is 2.16 bits per heavy atom. The predicted molar refractivity (Wildman–Crippen MR) is 73.4 cm³/mol. The minimum atomic E-state index is -2.94. The van der Waals surface area contributed by atoms with E-state index in [4.69, 9.17) is 23.2 Å². The van der Waals surface area contributed by atoms with E-state index >= 15 is 0 Å². The van der Waals surface area contributed by atoms with Gasteiger partial charge in [0.2, 0.25) is 0 Å². The van der Waals surface area contributed by atoms with Gasteiger partial charge in [0.25, 0.3) is 5.91 Å². The first kappa shape index (κ1) is 14.6. The van der Waals surface area contributed by atoms with E-state index in [9.17, 15) is 13.2 Å². The molecule has 1 aromatic heterocycles. The summed E-state index contributed by atoms with van der Waals surface area (Å²) in [6.07, 6.45) is 0.569. The maximum Gasteiger partial charge on any atom is 0.271 e. The van der Waals surface area contributed by atoms with E-state index in [1.54, 1.807) is 0 Å². The molecule has 0 radical (unpaired) electrons. The summed E-state index contributed by atoms with van der Waals surface area (Å²) in [5.41, 5.74) is 0.0509. The predicted octanol–water partition coefficient (Wildman–Crippen LogP) is 1.55. The van der Waals surface area contributed by atoms with Crippen molar-refractivity contribution in [2.24, 2.45) is 5.92 Å². The van der Waals surface area contributed by atoms with Gasteiger partial charge in [0.15, 0.2) is 9.84 Å². The Morgan fingerprint density at radius 3 is 2.79 bits per heavy atom. The molecule has 0 aromatic carbocycles. The van der Waals surface area contributed by atoms with Crippen LogP contribution in [0.15, 0.2) is 12.1 Å². The zero-order valence-corrected chi connectivity index (χ0v) is 12.2. The van der Waals surface area contributed by atoms with Gasteiger partial charge in [0.1, 0.15) is 10.8 Å². The van der Waals surface area contributed by atoms with E-state index in [0.29, 0.717) is 13.0 Å². The van der Waals surface area contributed by atoms with E-state index < -0.39 is 15.7 Å². The van der Waals surface area contributed by atoms with E-state index in [1.165, 1.54) is 12.1 Å². The van der Waals surface area contributed by atoms with Crippen molar-refractivity contribution in [1.82, 2.24) is 10.3 Å². The maximum absolute atomic E-state index is 11.9. The smallest absolute Gasteiger partial charge is 0.271 e. The van der Waals surface area contributed by atoms with Crippen LogP contribution < -0.4 is 5.32 Å². The van der Waals surface area contributed by atoms with Crippen molar-refractivity contribution in [3.8, 4) is 0 Å². The number of sulfone groups is 1. The fraction of sp³-hybridized carbons (Fsp3) is 0.455. The van der Waals surface area contributed by atoms with E-state index in [1.807, 2.05) is 0 Å². The van der Waals surface area contributed by atoms with Gasteiger partial charge >= 0.3 is 0 Å². The fourth-order valence-corrected chi connectivity index (χ4v) is 4.13. The van der Waals surface area contributed by atoms with Crippen molar-refractivity contribution in [1.29, 1.82) is 0 Å². The molecule has 19 heavy (non-hydrogen) atoms. The topological polar surface area (TPSA) is 76.1 Å². The molecule has 1 N–H and O–H groups in total. The Labute approximate surface area is 121 Å². The molecule has 1 aromatic rings. The zero-order valence-electron chi connectivity index (χ0n) is 9.90. The van der Waals surface area contributed by atoms with Crippen LogP contribution in [0.1, 0.15) is 16.9 Å². The summed E-state index contributed by atoms with van der Waals surface area (Å²) < 4.78 is 22.6. The number of halogens is 2. The molecule has 1 atom stereocenters. The van der Waals surface area contributed by atoms with Gasteiger partial charge in [-0.1, -0.05) is 23.2 Å². The number of hydrogen-bond donors (Lipinski definition) is 1. The number of amides is 1. The third kappa shape index (κ3) is 3.81. The molecular weight excluding hydrogens is 311 g/mol. The second-order valence-electron chi connectivity index (χ2n) is 4.44. The summed E-state index contributed by atoms with van der Waals surface area (Å²) in [4.78, 5) is 15.7. The van der Waals surface area contributed by atoms with Crippen LogP contribution in [0.5, 0.6) is 0 Å². The third-order valence-corrected chi connectivity index (χ3v) is 5.26. The van der Waals surface area contributed by atoms with Crippen molar-refractivity contribution < 1.29 is 13.2 Å². The van der Waals surface area contributed by atoms with E-state index in [2.05, 4.69) is 10.3 Å². The van der Waals surface area contributed by atoms with Crippen LogP contribution in [0.2, 0.25) is 10.2 Å². The molecule has 1 fully saturated rings. The minimum absolute atomic E-state index is 0.0492. The van der Waals surface area contributed by atoms with Crippen LogP contribution in [0.25, 0.3) is 0 Å². The van der Waals surface area contributed by atoms with Crippen LogP contribution in [0.3, 0.4) is 0 Å². The number of pyridine rings is 1. The monoisotopic (exact) mass is 322 g/mol. The van der Waals surface area contributed by atoms with Gasteiger partial charge < -0.3 is 5.32 Å². The van der Waals surface area contributed by atoms with Gasteiger partial charge in [0.05, 0.1) is 16.5 Å². The number of rotatable bonds is 3. The normalized spacial score (nSPS) is 21.3. The Morgan fingerprint density at radius 1 is 1.42 bits per heavy atom. The Kier molecular flexibility index (Phi) is 4.32. The summed E-state index contributed by atoms with van der Waals surface area (Å²) in [5, 5.41) is 3.03. The van der Waals surface area contributed by atoms with Gasteiger partial charge in [-0.3, -0.25) is 4.79 Å². The summed E-state index contributed by atoms with van der Waals surface area (Å²) >= 11 is 11.6. The average molecular weight is 323 g/mol. The van der Waals surface area contributed by atoms with Gasteiger partial charge in [-0.2, -0.15) is 0 Å². The first-order valence-electron chi connectivity index (χ1n) is 5.68. The molecule has 1 saturated heterocycles. The van der Waals surface area contributed by atoms with Crippen molar-refractivity contribution >= 4 is 38.9 Å². The highest BCUT2D eigenvalue weighted by molar-refractivity contribution is 7.91. The Hall–Kier alpha value is -0.850. The molecule has 8 heteroatoms. The molecule has 1 aliphatic rings. The largest absolute Gasteiger partial charge is 0.350 e. The van der Waals surface area contributed by atoms with Crippen LogP contribution >= 0.6 is 23.2 Å². The highest BCUT2D eigenvalue weighted by Gasteiger charge is 2.28. The molecule has 0 saturated carbocycles. The molecule has 1 amide bonds. The maximum atomic E-state index is 11.9. The summed E-state index contributed by atoms with van der Waals surface area (Å²) in [6.45, 7) is 0.294. The number of carbonyl (C=O) groups is 1. The standard InChI is InChI=1S/C11H12Cl2N2O3S/c12-8-1-2-9(13)15-10(8)11(16)14-5-7-3-4-19(17,18)6-7/h1-2,7H,3-6H2,(H,14,16). The van der Waals surface area contributed by atoms with Gasteiger partial charge in [-0.15, -0.1) is 0 Å². The molecule has 104 valence electrons. The summed E-state index contributed by atoms with van der Waals surface area (Å²) in [6, 6.07) is 2.98. The highest BCUT2D eigenvalue weighted by atomic mass is 35.5. The second-order valence-corrected chi connectivity index (χ2v) is 7.47. The highest BCUT2D eigenvalue weighted by Crippen LogP contribution is 2.19. The Balaban J connectivity index is 1.97. The summed E-state index contributed by atoms with van der Waals surface area (Å²) in [7, 11) is -2.94. The molecule has 2 heterocycles. The fourth-order valence-electron chi connectivity index (χ4n) is 1.93. The lowest BCUT2D eigenvalue weighted by molar-refractivity contribution is 0.0943. The first-order valence-corrected chi connectivity index (χ1v) is 8.26. The number of nitrogens with one attached hydrogen (secondary N) is 1. The second kappa shape index (κ2) is 5.64. The molecule has 0 spiro atoms. The number of hydrogen-bond acceptors (Lipinski definition) is 4. The molecule has 5 nitrogen and oxygen atoms in total. The van der Waals surface area contributed by atoms with Gasteiger partial charge in [-0.25, -0.2) is 13.4 Å². The molecule has 0 bridgehead atoms. The molecule has 1 aliphatic heterocycles. The molecular formula is C11H12Cl2N2O3S. The lowest BCUT2D eigenvalue weighted by atomic mass is 10.1.